The molecule has 1 rings (SSSR count). The summed E-state index contributed by atoms with van der Waals surface area (Å²) in [6.45, 7) is 5.62. The van der Waals surface area contributed by atoms with Crippen LogP contribution >= 0.6 is 27.7 Å². The number of carbonyl (C=O) groups excluding carboxylic acids is 1. The van der Waals surface area contributed by atoms with E-state index in [2.05, 4.69) is 22.0 Å². The molecule has 1 aromatic rings. The third-order valence-electron chi connectivity index (χ3n) is 2.56. The minimum Gasteiger partial charge on any atom is -0.343 e. The van der Waals surface area contributed by atoms with Crippen LogP contribution in [0.5, 0.6) is 0 Å². The molecule has 0 spiro atoms. The molecule has 0 aliphatic rings. The Labute approximate surface area is 116 Å². The predicted octanol–water partition coefficient (Wildman–Crippen LogP) is 3.55. The van der Waals surface area contributed by atoms with Gasteiger partial charge in [-0.1, -0.05) is 34.1 Å². The van der Waals surface area contributed by atoms with E-state index in [-0.39, 0.29) is 5.91 Å². The summed E-state index contributed by atoms with van der Waals surface area (Å²) in [6.07, 6.45) is 0. The molecule has 2 nitrogen and oxygen atoms in total. The molecular formula is C13H18BrNOS. The maximum atomic E-state index is 11.8. The molecule has 0 saturated heterocycles. The Kier molecular flexibility index (Phi) is 6.66. The van der Waals surface area contributed by atoms with Gasteiger partial charge in [0.15, 0.2) is 0 Å². The summed E-state index contributed by atoms with van der Waals surface area (Å²) in [4.78, 5) is 13.6. The number of nitrogens with zero attached hydrogens (tertiary/aromatic N) is 1. The Morgan fingerprint density at radius 1 is 1.29 bits per heavy atom. The SMILES string of the molecule is CCN(CC)C(=O)CSCc1ccccc1Br. The molecule has 1 amide bonds. The average molecular weight is 316 g/mol. The predicted molar refractivity (Wildman–Crippen MR) is 78.2 cm³/mol. The molecule has 17 heavy (non-hydrogen) atoms. The number of halogens is 1. The Balaban J connectivity index is 2.38. The van der Waals surface area contributed by atoms with Gasteiger partial charge < -0.3 is 4.90 Å². The number of hydrogen-bond acceptors (Lipinski definition) is 2. The fourth-order valence-corrected chi connectivity index (χ4v) is 3.07. The Morgan fingerprint density at radius 2 is 1.94 bits per heavy atom. The molecule has 0 aliphatic heterocycles. The summed E-state index contributed by atoms with van der Waals surface area (Å²) in [5, 5.41) is 0. The van der Waals surface area contributed by atoms with Gasteiger partial charge in [0.25, 0.3) is 0 Å². The van der Waals surface area contributed by atoms with Crippen LogP contribution in [0.2, 0.25) is 0 Å². The lowest BCUT2D eigenvalue weighted by Gasteiger charge is -2.18. The van der Waals surface area contributed by atoms with Crippen molar-refractivity contribution in [1.29, 1.82) is 0 Å². The highest BCUT2D eigenvalue weighted by atomic mass is 79.9. The zero-order chi connectivity index (χ0) is 12.7. The van der Waals surface area contributed by atoms with Crippen molar-refractivity contribution in [3.63, 3.8) is 0 Å². The van der Waals surface area contributed by atoms with Crippen molar-refractivity contribution in [1.82, 2.24) is 4.90 Å². The minimum atomic E-state index is 0.229. The van der Waals surface area contributed by atoms with Crippen LogP contribution < -0.4 is 0 Å². The van der Waals surface area contributed by atoms with E-state index >= 15 is 0 Å². The second kappa shape index (κ2) is 7.77. The van der Waals surface area contributed by atoms with Gasteiger partial charge in [-0.15, -0.1) is 11.8 Å². The van der Waals surface area contributed by atoms with E-state index in [1.165, 1.54) is 5.56 Å². The number of benzene rings is 1. The highest BCUT2D eigenvalue weighted by Gasteiger charge is 2.09. The summed E-state index contributed by atoms with van der Waals surface area (Å²) in [6, 6.07) is 8.13. The minimum absolute atomic E-state index is 0.229. The van der Waals surface area contributed by atoms with Crippen molar-refractivity contribution in [2.75, 3.05) is 18.8 Å². The van der Waals surface area contributed by atoms with Crippen molar-refractivity contribution in [3.8, 4) is 0 Å². The second-order valence-corrected chi connectivity index (χ2v) is 5.49. The van der Waals surface area contributed by atoms with E-state index < -0.39 is 0 Å². The van der Waals surface area contributed by atoms with E-state index in [9.17, 15) is 4.79 Å². The lowest BCUT2D eigenvalue weighted by molar-refractivity contribution is -0.127. The largest absolute Gasteiger partial charge is 0.343 e. The highest BCUT2D eigenvalue weighted by Crippen LogP contribution is 2.21. The Hall–Kier alpha value is -0.480. The quantitative estimate of drug-likeness (QED) is 0.800. The van der Waals surface area contributed by atoms with Crippen molar-refractivity contribution in [2.24, 2.45) is 0 Å². The zero-order valence-corrected chi connectivity index (χ0v) is 12.7. The lowest BCUT2D eigenvalue weighted by Crippen LogP contribution is -2.31. The first kappa shape index (κ1) is 14.6. The molecule has 0 N–H and O–H groups in total. The fourth-order valence-electron chi connectivity index (χ4n) is 1.53. The number of thioether (sulfide) groups is 1. The van der Waals surface area contributed by atoms with Gasteiger partial charge in [-0.2, -0.15) is 0 Å². The molecule has 1 aromatic carbocycles. The van der Waals surface area contributed by atoms with E-state index in [0.29, 0.717) is 5.75 Å². The first-order valence-electron chi connectivity index (χ1n) is 5.78. The average Bonchev–Trinajstić information content (AvgIpc) is 2.33. The van der Waals surface area contributed by atoms with Crippen LogP contribution in [0.15, 0.2) is 28.7 Å². The normalized spacial score (nSPS) is 10.3. The van der Waals surface area contributed by atoms with Crippen LogP contribution in [0.25, 0.3) is 0 Å². The van der Waals surface area contributed by atoms with Gasteiger partial charge >= 0.3 is 0 Å². The maximum Gasteiger partial charge on any atom is 0.232 e. The first-order chi connectivity index (χ1) is 8.19. The molecule has 0 atom stereocenters. The topological polar surface area (TPSA) is 20.3 Å². The Morgan fingerprint density at radius 3 is 2.53 bits per heavy atom. The van der Waals surface area contributed by atoms with E-state index in [0.717, 1.165) is 23.3 Å². The molecule has 4 heteroatoms. The molecule has 0 unspecified atom stereocenters. The number of rotatable bonds is 6. The molecule has 0 aliphatic carbocycles. The van der Waals surface area contributed by atoms with Gasteiger partial charge in [0, 0.05) is 23.3 Å². The molecule has 0 radical (unpaired) electrons. The molecular weight excluding hydrogens is 298 g/mol. The third-order valence-corrected chi connectivity index (χ3v) is 4.30. The van der Waals surface area contributed by atoms with Crippen molar-refractivity contribution < 1.29 is 4.79 Å². The van der Waals surface area contributed by atoms with Gasteiger partial charge in [-0.05, 0) is 25.5 Å². The molecule has 0 saturated carbocycles. The number of carbonyl (C=O) groups is 1. The molecule has 0 heterocycles. The van der Waals surface area contributed by atoms with Crippen LogP contribution in [-0.2, 0) is 10.5 Å². The molecule has 0 aromatic heterocycles. The Bertz CT molecular complexity index is 366. The summed E-state index contributed by atoms with van der Waals surface area (Å²) >= 11 is 5.18. The van der Waals surface area contributed by atoms with Gasteiger partial charge in [-0.25, -0.2) is 0 Å². The van der Waals surface area contributed by atoms with Crippen molar-refractivity contribution >= 4 is 33.6 Å². The second-order valence-electron chi connectivity index (χ2n) is 3.65. The van der Waals surface area contributed by atoms with Gasteiger partial charge in [0.1, 0.15) is 0 Å². The maximum absolute atomic E-state index is 11.8. The van der Waals surface area contributed by atoms with Gasteiger partial charge in [-0.3, -0.25) is 4.79 Å². The van der Waals surface area contributed by atoms with Crippen LogP contribution in [-0.4, -0.2) is 29.6 Å². The highest BCUT2D eigenvalue weighted by molar-refractivity contribution is 9.10. The van der Waals surface area contributed by atoms with Crippen molar-refractivity contribution in [3.05, 3.63) is 34.3 Å². The van der Waals surface area contributed by atoms with Crippen LogP contribution in [0, 0.1) is 0 Å². The van der Waals surface area contributed by atoms with Crippen molar-refractivity contribution in [2.45, 2.75) is 19.6 Å². The van der Waals surface area contributed by atoms with E-state index in [1.54, 1.807) is 11.8 Å². The number of hydrogen-bond donors (Lipinski definition) is 0. The molecule has 0 fully saturated rings. The van der Waals surface area contributed by atoms with Gasteiger partial charge in [0.2, 0.25) is 5.91 Å². The van der Waals surface area contributed by atoms with E-state index in [4.69, 9.17) is 0 Å². The summed E-state index contributed by atoms with van der Waals surface area (Å²) < 4.78 is 1.11. The van der Waals surface area contributed by atoms with Gasteiger partial charge in [0.05, 0.1) is 5.75 Å². The summed E-state index contributed by atoms with van der Waals surface area (Å²) in [7, 11) is 0. The van der Waals surface area contributed by atoms with E-state index in [1.807, 2.05) is 36.9 Å². The molecule has 94 valence electrons. The van der Waals surface area contributed by atoms with Crippen LogP contribution in [0.1, 0.15) is 19.4 Å². The van der Waals surface area contributed by atoms with Crippen LogP contribution in [0.3, 0.4) is 0 Å². The fraction of sp³-hybridized carbons (Fsp3) is 0.462. The summed E-state index contributed by atoms with van der Waals surface area (Å²) in [5.41, 5.74) is 1.24. The smallest absolute Gasteiger partial charge is 0.232 e. The first-order valence-corrected chi connectivity index (χ1v) is 7.72. The molecule has 0 bridgehead atoms. The van der Waals surface area contributed by atoms with Crippen LogP contribution in [0.4, 0.5) is 0 Å². The summed E-state index contributed by atoms with van der Waals surface area (Å²) in [5.74, 6) is 1.66. The standard InChI is InChI=1S/C13H18BrNOS/c1-3-15(4-2)13(16)10-17-9-11-7-5-6-8-12(11)14/h5-8H,3-4,9-10H2,1-2H3. The monoisotopic (exact) mass is 315 g/mol. The zero-order valence-electron chi connectivity index (χ0n) is 10.3. The number of amides is 1. The third kappa shape index (κ3) is 4.72. The lowest BCUT2D eigenvalue weighted by atomic mass is 10.2.